The Bertz CT molecular complexity index is 1080. The molecule has 2 aliphatic rings. The first-order valence-electron chi connectivity index (χ1n) is 9.01. The molecule has 0 unspecified atom stereocenters. The maximum atomic E-state index is 11.4. The normalized spacial score (nSPS) is 18.4. The topological polar surface area (TPSA) is 64.7 Å². The van der Waals surface area contributed by atoms with Gasteiger partial charge < -0.3 is 10.1 Å². The fourth-order valence-corrected chi connectivity index (χ4v) is 5.13. The van der Waals surface area contributed by atoms with Crippen molar-refractivity contribution in [1.82, 2.24) is 15.2 Å². The van der Waals surface area contributed by atoms with Gasteiger partial charge >= 0.3 is 0 Å². The number of benzene rings is 1. The van der Waals surface area contributed by atoms with E-state index in [2.05, 4.69) is 50.9 Å². The first-order chi connectivity index (χ1) is 12.2. The molecule has 5 heteroatoms. The van der Waals surface area contributed by atoms with Gasteiger partial charge in [0.15, 0.2) is 0 Å². The lowest BCUT2D eigenvalue weighted by atomic mass is 9.84. The lowest BCUT2D eigenvalue weighted by Gasteiger charge is -2.29. The summed E-state index contributed by atoms with van der Waals surface area (Å²) in [7, 11) is 0. The number of H-pyrrole nitrogens is 2. The molecule has 3 N–H and O–H groups in total. The van der Waals surface area contributed by atoms with Crippen LogP contribution in [0.25, 0.3) is 32.5 Å². The first kappa shape index (κ1) is 14.1. The number of nitrogens with one attached hydrogen (secondary N) is 2. The van der Waals surface area contributed by atoms with E-state index in [1.807, 2.05) is 0 Å². The number of hydrogen-bond donors (Lipinski definition) is 3. The van der Waals surface area contributed by atoms with Crippen molar-refractivity contribution < 1.29 is 5.11 Å². The van der Waals surface area contributed by atoms with Crippen molar-refractivity contribution in [3.63, 3.8) is 0 Å². The van der Waals surface area contributed by atoms with Gasteiger partial charge in [0, 0.05) is 10.9 Å². The second-order valence-electron chi connectivity index (χ2n) is 7.59. The number of aliphatic hydroxyl groups is 1. The van der Waals surface area contributed by atoms with Gasteiger partial charge in [-0.1, -0.05) is 12.1 Å². The third-order valence-corrected chi connectivity index (χ3v) is 6.83. The number of aromatic amines is 2. The Hall–Kier alpha value is -2.11. The zero-order valence-corrected chi connectivity index (χ0v) is 14.6. The molecule has 2 fully saturated rings. The van der Waals surface area contributed by atoms with Crippen LogP contribution in [0.5, 0.6) is 0 Å². The molecule has 0 aliphatic heterocycles. The van der Waals surface area contributed by atoms with Crippen molar-refractivity contribution in [1.29, 1.82) is 0 Å². The molecule has 3 aromatic heterocycles. The Kier molecular flexibility index (Phi) is 2.67. The van der Waals surface area contributed by atoms with Gasteiger partial charge in [0.05, 0.1) is 21.5 Å². The third kappa shape index (κ3) is 1.99. The molecule has 0 spiro atoms. The van der Waals surface area contributed by atoms with Crippen LogP contribution in [0, 0.1) is 11.8 Å². The Balaban J connectivity index is 1.48. The minimum atomic E-state index is -0.618. The SMILES string of the molecule is OC(c1ccc2cc(-c3n[nH]c4ccsc34)[nH]c2c1)(C1CC1)C1CC1. The predicted octanol–water partition coefficient (Wildman–Crippen LogP) is 4.78. The lowest BCUT2D eigenvalue weighted by Crippen LogP contribution is -2.30. The summed E-state index contributed by atoms with van der Waals surface area (Å²) >= 11 is 1.70. The zero-order chi connectivity index (χ0) is 16.6. The summed E-state index contributed by atoms with van der Waals surface area (Å²) in [5.41, 5.74) is 4.63. The van der Waals surface area contributed by atoms with Gasteiger partial charge in [0.2, 0.25) is 0 Å². The summed E-state index contributed by atoms with van der Waals surface area (Å²) in [6.45, 7) is 0. The summed E-state index contributed by atoms with van der Waals surface area (Å²) in [5, 5.41) is 22.2. The maximum Gasteiger partial charge on any atom is 0.126 e. The highest BCUT2D eigenvalue weighted by atomic mass is 32.1. The van der Waals surface area contributed by atoms with E-state index in [1.54, 1.807) is 11.3 Å². The number of thiophene rings is 1. The van der Waals surface area contributed by atoms with E-state index in [4.69, 9.17) is 0 Å². The maximum absolute atomic E-state index is 11.4. The fraction of sp³-hybridized carbons (Fsp3) is 0.350. The van der Waals surface area contributed by atoms with Crippen LogP contribution in [-0.2, 0) is 5.60 Å². The quantitative estimate of drug-likeness (QED) is 0.496. The van der Waals surface area contributed by atoms with E-state index in [-0.39, 0.29) is 0 Å². The Morgan fingerprint density at radius 1 is 1.04 bits per heavy atom. The highest BCUT2D eigenvalue weighted by Gasteiger charge is 2.54. The Morgan fingerprint density at radius 2 is 1.84 bits per heavy atom. The highest BCUT2D eigenvalue weighted by molar-refractivity contribution is 7.17. The average Bonchev–Trinajstić information content (AvgIpc) is 3.52. The number of aromatic nitrogens is 3. The highest BCUT2D eigenvalue weighted by Crippen LogP contribution is 2.57. The van der Waals surface area contributed by atoms with E-state index < -0.39 is 5.60 Å². The summed E-state index contributed by atoms with van der Waals surface area (Å²) in [4.78, 5) is 3.52. The van der Waals surface area contributed by atoms with Crippen LogP contribution in [0.1, 0.15) is 31.2 Å². The molecule has 0 bridgehead atoms. The molecule has 0 atom stereocenters. The molecule has 25 heavy (non-hydrogen) atoms. The minimum absolute atomic E-state index is 0.448. The second kappa shape index (κ2) is 4.74. The number of hydrogen-bond acceptors (Lipinski definition) is 3. The smallest absolute Gasteiger partial charge is 0.126 e. The second-order valence-corrected chi connectivity index (χ2v) is 8.51. The average molecular weight is 349 g/mol. The van der Waals surface area contributed by atoms with Crippen molar-refractivity contribution >= 4 is 32.5 Å². The number of fused-ring (bicyclic) bond motifs is 2. The van der Waals surface area contributed by atoms with Crippen molar-refractivity contribution in [2.75, 3.05) is 0 Å². The molecule has 3 heterocycles. The van der Waals surface area contributed by atoms with E-state index in [9.17, 15) is 5.11 Å². The molecule has 0 amide bonds. The molecule has 0 saturated heterocycles. The monoisotopic (exact) mass is 349 g/mol. The number of rotatable bonds is 4. The molecule has 2 saturated carbocycles. The van der Waals surface area contributed by atoms with Gasteiger partial charge in [0.25, 0.3) is 0 Å². The Labute approximate surface area is 148 Å². The molecule has 2 aliphatic carbocycles. The minimum Gasteiger partial charge on any atom is -0.385 e. The Morgan fingerprint density at radius 3 is 2.60 bits per heavy atom. The van der Waals surface area contributed by atoms with Crippen molar-refractivity contribution in [3.05, 3.63) is 41.3 Å². The molecule has 126 valence electrons. The fourth-order valence-electron chi connectivity index (χ4n) is 4.29. The molecular weight excluding hydrogens is 330 g/mol. The van der Waals surface area contributed by atoms with Gasteiger partial charge in [-0.05, 0) is 66.7 Å². The summed E-state index contributed by atoms with van der Waals surface area (Å²) in [6, 6.07) is 10.6. The van der Waals surface area contributed by atoms with Crippen LogP contribution in [-0.4, -0.2) is 20.3 Å². The van der Waals surface area contributed by atoms with Gasteiger partial charge in [-0.15, -0.1) is 11.3 Å². The van der Waals surface area contributed by atoms with Gasteiger partial charge in [0.1, 0.15) is 5.69 Å². The van der Waals surface area contributed by atoms with Crippen LogP contribution in [0.4, 0.5) is 0 Å². The predicted molar refractivity (Wildman–Crippen MR) is 101 cm³/mol. The van der Waals surface area contributed by atoms with Crippen LogP contribution in [0.3, 0.4) is 0 Å². The van der Waals surface area contributed by atoms with Crippen molar-refractivity contribution in [3.8, 4) is 11.4 Å². The summed E-state index contributed by atoms with van der Waals surface area (Å²) in [5.74, 6) is 0.896. The van der Waals surface area contributed by atoms with Crippen molar-refractivity contribution in [2.24, 2.45) is 11.8 Å². The van der Waals surface area contributed by atoms with Crippen LogP contribution < -0.4 is 0 Å². The molecule has 1 aromatic carbocycles. The molecule has 0 radical (unpaired) electrons. The van der Waals surface area contributed by atoms with Crippen LogP contribution in [0.2, 0.25) is 0 Å². The summed E-state index contributed by atoms with van der Waals surface area (Å²) in [6.07, 6.45) is 4.63. The summed E-state index contributed by atoms with van der Waals surface area (Å²) < 4.78 is 1.18. The van der Waals surface area contributed by atoms with E-state index >= 15 is 0 Å². The molecular formula is C20H19N3OS. The van der Waals surface area contributed by atoms with Gasteiger partial charge in [-0.3, -0.25) is 5.10 Å². The molecule has 4 nitrogen and oxygen atoms in total. The largest absolute Gasteiger partial charge is 0.385 e. The van der Waals surface area contributed by atoms with E-state index in [0.29, 0.717) is 11.8 Å². The van der Waals surface area contributed by atoms with Crippen molar-refractivity contribution in [2.45, 2.75) is 31.3 Å². The lowest BCUT2D eigenvalue weighted by molar-refractivity contribution is -0.0101. The number of nitrogens with zero attached hydrogens (tertiary/aromatic N) is 1. The van der Waals surface area contributed by atoms with E-state index in [0.717, 1.165) is 53.7 Å². The van der Waals surface area contributed by atoms with Gasteiger partial charge in [-0.2, -0.15) is 5.10 Å². The third-order valence-electron chi connectivity index (χ3n) is 5.91. The van der Waals surface area contributed by atoms with Crippen LogP contribution in [0.15, 0.2) is 35.7 Å². The first-order valence-corrected chi connectivity index (χ1v) is 9.89. The molecule has 6 rings (SSSR count). The van der Waals surface area contributed by atoms with Crippen LogP contribution >= 0.6 is 11.3 Å². The standard InChI is InChI=1S/C20H19N3OS/c24-20(12-3-4-12,13-5-6-13)14-2-1-11-9-17(21-16(11)10-14)18-19-15(22-23-18)7-8-25-19/h1-2,7-10,12-13,21,24H,3-6H2,(H,22,23). The zero-order valence-electron chi connectivity index (χ0n) is 13.7. The van der Waals surface area contributed by atoms with Gasteiger partial charge in [-0.25, -0.2) is 0 Å². The molecule has 4 aromatic rings. The van der Waals surface area contributed by atoms with E-state index in [1.165, 1.54) is 10.1 Å².